The van der Waals surface area contributed by atoms with E-state index in [2.05, 4.69) is 22.6 Å². The normalized spacial score (nSPS) is 38.8. The minimum absolute atomic E-state index is 0.708. The number of aryl methyl sites for hydroxylation is 1. The van der Waals surface area contributed by atoms with Gasteiger partial charge in [-0.15, -0.1) is 0 Å². The van der Waals surface area contributed by atoms with Crippen LogP contribution < -0.4 is 0 Å². The fraction of sp³-hybridized carbons (Fsp3) is 0.833. The van der Waals surface area contributed by atoms with Crippen molar-refractivity contribution in [2.24, 2.45) is 11.8 Å². The molecule has 1 aliphatic heterocycles. The van der Waals surface area contributed by atoms with Crippen molar-refractivity contribution in [2.45, 2.75) is 57.0 Å². The lowest BCUT2D eigenvalue weighted by atomic mass is 9.92. The number of morpholine rings is 1. The van der Waals surface area contributed by atoms with Crippen molar-refractivity contribution >= 4 is 0 Å². The molecule has 0 bridgehead atoms. The minimum Gasteiger partial charge on any atom is -0.379 e. The molecule has 0 radical (unpaired) electrons. The highest BCUT2D eigenvalue weighted by Gasteiger charge is 2.58. The number of aromatic nitrogens is 2. The second kappa shape index (κ2) is 5.07. The van der Waals surface area contributed by atoms with Gasteiger partial charge >= 0.3 is 0 Å². The Bertz CT molecular complexity index is 547. The van der Waals surface area contributed by atoms with E-state index in [1.807, 2.05) is 0 Å². The predicted octanol–water partition coefficient (Wildman–Crippen LogP) is 2.74. The first kappa shape index (κ1) is 13.6. The van der Waals surface area contributed by atoms with E-state index in [1.165, 1.54) is 37.8 Å². The van der Waals surface area contributed by atoms with Gasteiger partial charge in [0.2, 0.25) is 0 Å². The van der Waals surface area contributed by atoms with E-state index in [9.17, 15) is 0 Å². The van der Waals surface area contributed by atoms with E-state index in [-0.39, 0.29) is 0 Å². The first-order valence-corrected chi connectivity index (χ1v) is 9.19. The molecule has 0 aromatic carbocycles. The van der Waals surface area contributed by atoms with Gasteiger partial charge in [-0.3, -0.25) is 9.58 Å². The van der Waals surface area contributed by atoms with Gasteiger partial charge in [0.05, 0.1) is 24.9 Å². The molecule has 4 atom stereocenters. The molecule has 1 aromatic heterocycles. The average molecular weight is 301 g/mol. The molecular formula is C18H27N3O. The van der Waals surface area contributed by atoms with Crippen molar-refractivity contribution in [2.75, 3.05) is 26.3 Å². The smallest absolute Gasteiger partial charge is 0.0596 e. The predicted molar refractivity (Wildman–Crippen MR) is 85.0 cm³/mol. The molecule has 2 heterocycles. The highest BCUT2D eigenvalue weighted by atomic mass is 16.5. The van der Waals surface area contributed by atoms with Crippen molar-refractivity contribution in [3.8, 4) is 0 Å². The molecule has 4 nitrogen and oxygen atoms in total. The maximum absolute atomic E-state index is 5.50. The van der Waals surface area contributed by atoms with E-state index < -0.39 is 0 Å². The van der Waals surface area contributed by atoms with Crippen molar-refractivity contribution in [3.05, 3.63) is 17.5 Å². The van der Waals surface area contributed by atoms with Gasteiger partial charge in [0.15, 0.2) is 0 Å². The third kappa shape index (κ3) is 2.07. The van der Waals surface area contributed by atoms with Crippen molar-refractivity contribution < 1.29 is 4.74 Å². The lowest BCUT2D eigenvalue weighted by molar-refractivity contribution is 0.0151. The van der Waals surface area contributed by atoms with Crippen LogP contribution in [0.15, 0.2) is 6.07 Å². The number of nitrogens with zero attached hydrogens (tertiary/aromatic N) is 3. The van der Waals surface area contributed by atoms with Crippen LogP contribution in [0.3, 0.4) is 0 Å². The molecular weight excluding hydrogens is 274 g/mol. The van der Waals surface area contributed by atoms with E-state index in [0.29, 0.717) is 6.04 Å². The summed E-state index contributed by atoms with van der Waals surface area (Å²) in [6, 6.07) is 3.92. The zero-order valence-corrected chi connectivity index (χ0v) is 13.6. The van der Waals surface area contributed by atoms with Gasteiger partial charge < -0.3 is 4.74 Å². The quantitative estimate of drug-likeness (QED) is 0.860. The molecule has 0 amide bonds. The maximum atomic E-state index is 5.50. The standard InChI is InChI=1S/C18H27N3O/c1-12-9-17(21(19-12)13-3-2-4-13)18-15-10-14(11-16(15)18)20-5-7-22-8-6-20/h9,13-16,18H,2-8,10-11H2,1H3/t14?,15-,16+,18?. The van der Waals surface area contributed by atoms with Crippen LogP contribution in [0.5, 0.6) is 0 Å². The Balaban J connectivity index is 1.28. The number of hydrogen-bond donors (Lipinski definition) is 0. The Hall–Kier alpha value is -0.870. The SMILES string of the molecule is Cc1cc(C2[C@H]3CC(N4CCOCC4)C[C@@H]23)n(C2CCC2)n1. The first-order valence-electron chi connectivity index (χ1n) is 9.19. The number of hydrogen-bond acceptors (Lipinski definition) is 3. The lowest BCUT2D eigenvalue weighted by Crippen LogP contribution is -2.43. The van der Waals surface area contributed by atoms with Crippen LogP contribution in [-0.4, -0.2) is 47.0 Å². The summed E-state index contributed by atoms with van der Waals surface area (Å²) < 4.78 is 7.91. The minimum atomic E-state index is 0.708. The molecule has 1 saturated heterocycles. The molecule has 4 aliphatic rings. The van der Waals surface area contributed by atoms with E-state index >= 15 is 0 Å². The highest BCUT2D eigenvalue weighted by molar-refractivity contribution is 5.27. The van der Waals surface area contributed by atoms with Gasteiger partial charge in [-0.05, 0) is 56.9 Å². The molecule has 4 fully saturated rings. The lowest BCUT2D eigenvalue weighted by Gasteiger charge is -2.33. The molecule has 22 heavy (non-hydrogen) atoms. The monoisotopic (exact) mass is 301 g/mol. The van der Waals surface area contributed by atoms with Gasteiger partial charge in [0.1, 0.15) is 0 Å². The Labute approximate surface area is 132 Å². The Morgan fingerprint density at radius 2 is 1.82 bits per heavy atom. The third-order valence-corrected chi connectivity index (χ3v) is 6.63. The van der Waals surface area contributed by atoms with Gasteiger partial charge in [0, 0.05) is 30.7 Å². The summed E-state index contributed by atoms with van der Waals surface area (Å²) in [6.07, 6.45) is 6.88. The summed E-state index contributed by atoms with van der Waals surface area (Å²) in [6.45, 7) is 6.32. The zero-order valence-electron chi connectivity index (χ0n) is 13.6. The fourth-order valence-electron chi connectivity index (χ4n) is 5.20. The molecule has 120 valence electrons. The van der Waals surface area contributed by atoms with Crippen LogP contribution in [0.4, 0.5) is 0 Å². The molecule has 4 heteroatoms. The fourth-order valence-corrected chi connectivity index (χ4v) is 5.20. The third-order valence-electron chi connectivity index (χ3n) is 6.63. The van der Waals surface area contributed by atoms with E-state index in [4.69, 9.17) is 9.84 Å². The van der Waals surface area contributed by atoms with Crippen LogP contribution in [0.2, 0.25) is 0 Å². The average Bonchev–Trinajstić information content (AvgIpc) is 2.83. The summed E-state index contributed by atoms with van der Waals surface area (Å²) in [4.78, 5) is 2.68. The maximum Gasteiger partial charge on any atom is 0.0596 e. The van der Waals surface area contributed by atoms with E-state index in [0.717, 1.165) is 50.1 Å². The van der Waals surface area contributed by atoms with Crippen molar-refractivity contribution in [3.63, 3.8) is 0 Å². The number of fused-ring (bicyclic) bond motifs is 1. The van der Waals surface area contributed by atoms with Gasteiger partial charge in [0.25, 0.3) is 0 Å². The van der Waals surface area contributed by atoms with Crippen LogP contribution in [0, 0.1) is 18.8 Å². The van der Waals surface area contributed by atoms with Crippen LogP contribution >= 0.6 is 0 Å². The Morgan fingerprint density at radius 3 is 2.45 bits per heavy atom. The summed E-state index contributed by atoms with van der Waals surface area (Å²) in [5.74, 6) is 2.68. The second-order valence-electron chi connectivity index (χ2n) is 7.87. The summed E-state index contributed by atoms with van der Waals surface area (Å²) in [5.41, 5.74) is 2.79. The Kier molecular flexibility index (Phi) is 3.12. The molecule has 5 rings (SSSR count). The van der Waals surface area contributed by atoms with E-state index in [1.54, 1.807) is 5.69 Å². The molecule has 3 saturated carbocycles. The summed E-state index contributed by atoms with van der Waals surface area (Å²) in [5, 5.41) is 4.82. The van der Waals surface area contributed by atoms with Crippen molar-refractivity contribution in [1.82, 2.24) is 14.7 Å². The molecule has 1 aromatic rings. The topological polar surface area (TPSA) is 30.3 Å². The first-order chi connectivity index (χ1) is 10.8. The highest BCUT2D eigenvalue weighted by Crippen LogP contribution is 2.64. The second-order valence-corrected chi connectivity index (χ2v) is 7.87. The molecule has 2 unspecified atom stereocenters. The van der Waals surface area contributed by atoms with Crippen molar-refractivity contribution in [1.29, 1.82) is 0 Å². The number of ether oxygens (including phenoxy) is 1. The van der Waals surface area contributed by atoms with Crippen LogP contribution in [0.25, 0.3) is 0 Å². The summed E-state index contributed by atoms with van der Waals surface area (Å²) >= 11 is 0. The van der Waals surface area contributed by atoms with Gasteiger partial charge in [-0.1, -0.05) is 0 Å². The zero-order chi connectivity index (χ0) is 14.7. The van der Waals surface area contributed by atoms with Gasteiger partial charge in [-0.25, -0.2) is 0 Å². The molecule has 0 N–H and O–H groups in total. The molecule has 0 spiro atoms. The summed E-state index contributed by atoms with van der Waals surface area (Å²) in [7, 11) is 0. The van der Waals surface area contributed by atoms with Gasteiger partial charge in [-0.2, -0.15) is 5.10 Å². The Morgan fingerprint density at radius 1 is 1.09 bits per heavy atom. The van der Waals surface area contributed by atoms with Crippen LogP contribution in [0.1, 0.15) is 55.5 Å². The van der Waals surface area contributed by atoms with Crippen LogP contribution in [-0.2, 0) is 4.74 Å². The number of rotatable bonds is 3. The largest absolute Gasteiger partial charge is 0.379 e. The molecule has 3 aliphatic carbocycles.